The molecule has 8 heteroatoms. The van der Waals surface area contributed by atoms with Gasteiger partial charge in [-0.25, -0.2) is 0 Å². The summed E-state index contributed by atoms with van der Waals surface area (Å²) in [5, 5.41) is 6.75. The molecular formula is C15H20Cl2N3O2S+. The molecule has 1 aromatic rings. The van der Waals surface area contributed by atoms with E-state index in [1.54, 1.807) is 17.0 Å². The van der Waals surface area contributed by atoms with Crippen LogP contribution < -0.4 is 15.5 Å². The number of hydrogen-bond acceptors (Lipinski definition) is 3. The van der Waals surface area contributed by atoms with Gasteiger partial charge >= 0.3 is 0 Å². The number of quaternary nitrogens is 1. The van der Waals surface area contributed by atoms with Crippen LogP contribution in [0.2, 0.25) is 10.0 Å². The van der Waals surface area contributed by atoms with E-state index in [4.69, 9.17) is 40.2 Å². The lowest BCUT2D eigenvalue weighted by atomic mass is 10.2. The summed E-state index contributed by atoms with van der Waals surface area (Å²) >= 11 is 16.9. The van der Waals surface area contributed by atoms with Crippen molar-refractivity contribution in [2.75, 3.05) is 39.4 Å². The summed E-state index contributed by atoms with van der Waals surface area (Å²) in [6.07, 6.45) is 0.979. The highest BCUT2D eigenvalue weighted by molar-refractivity contribution is 7.80. The number of ether oxygens (including phenoxy) is 1. The Bertz CT molecular complexity index is 566. The number of halogens is 2. The molecule has 1 saturated heterocycles. The molecule has 0 aliphatic carbocycles. The van der Waals surface area contributed by atoms with Crippen molar-refractivity contribution < 1.29 is 14.4 Å². The zero-order chi connectivity index (χ0) is 16.7. The van der Waals surface area contributed by atoms with Crippen LogP contribution in [-0.4, -0.2) is 50.4 Å². The molecule has 1 heterocycles. The first-order valence-corrected chi connectivity index (χ1v) is 8.68. The van der Waals surface area contributed by atoms with Gasteiger partial charge < -0.3 is 15.0 Å². The van der Waals surface area contributed by atoms with Crippen LogP contribution >= 0.6 is 35.4 Å². The van der Waals surface area contributed by atoms with Crippen LogP contribution in [0.1, 0.15) is 16.8 Å². The smallest absolute Gasteiger partial charge is 0.258 e. The molecule has 1 aliphatic rings. The second kappa shape index (κ2) is 9.39. The van der Waals surface area contributed by atoms with Gasteiger partial charge in [0, 0.05) is 18.0 Å². The standard InChI is InChI=1S/C15H19Cl2N3O2S/c16-11-2-3-12(13(17)10-11)14(21)19-15(23)18-4-1-5-20-6-8-22-9-7-20/h2-3,10H,1,4-9H2,(H2,18,19,21,23)/p+1. The summed E-state index contributed by atoms with van der Waals surface area (Å²) in [7, 11) is 0. The highest BCUT2D eigenvalue weighted by Gasteiger charge is 2.14. The summed E-state index contributed by atoms with van der Waals surface area (Å²) in [5.41, 5.74) is 0.345. The van der Waals surface area contributed by atoms with Crippen LogP contribution in [-0.2, 0) is 4.74 Å². The molecule has 23 heavy (non-hydrogen) atoms. The minimum Gasteiger partial charge on any atom is -0.370 e. The molecule has 126 valence electrons. The summed E-state index contributed by atoms with van der Waals surface area (Å²) in [5.74, 6) is -0.344. The first kappa shape index (κ1) is 18.4. The van der Waals surface area contributed by atoms with Crippen molar-refractivity contribution in [3.05, 3.63) is 33.8 Å². The van der Waals surface area contributed by atoms with Crippen molar-refractivity contribution in [3.63, 3.8) is 0 Å². The third-order valence-electron chi connectivity index (χ3n) is 3.60. The van der Waals surface area contributed by atoms with E-state index in [2.05, 4.69) is 10.6 Å². The Balaban J connectivity index is 1.68. The summed E-state index contributed by atoms with van der Waals surface area (Å²) in [6, 6.07) is 4.72. The van der Waals surface area contributed by atoms with Crippen LogP contribution in [0.4, 0.5) is 0 Å². The molecule has 1 fully saturated rings. The van der Waals surface area contributed by atoms with Gasteiger partial charge in [0.25, 0.3) is 5.91 Å². The molecule has 0 atom stereocenters. The topological polar surface area (TPSA) is 54.8 Å². The largest absolute Gasteiger partial charge is 0.370 e. The molecule has 0 saturated carbocycles. The molecule has 0 bridgehead atoms. The fraction of sp³-hybridized carbons (Fsp3) is 0.467. The maximum absolute atomic E-state index is 12.1. The lowest BCUT2D eigenvalue weighted by Crippen LogP contribution is -3.14. The van der Waals surface area contributed by atoms with Gasteiger partial charge in [0.2, 0.25) is 0 Å². The van der Waals surface area contributed by atoms with Crippen molar-refractivity contribution in [1.29, 1.82) is 0 Å². The highest BCUT2D eigenvalue weighted by atomic mass is 35.5. The fourth-order valence-corrected chi connectivity index (χ4v) is 3.03. The van der Waals surface area contributed by atoms with Crippen LogP contribution in [0.3, 0.4) is 0 Å². The Morgan fingerprint density at radius 3 is 2.74 bits per heavy atom. The number of morpholine rings is 1. The lowest BCUT2D eigenvalue weighted by molar-refractivity contribution is -0.908. The van der Waals surface area contributed by atoms with Crippen molar-refractivity contribution in [1.82, 2.24) is 10.6 Å². The number of benzene rings is 1. The summed E-state index contributed by atoms with van der Waals surface area (Å²) in [6.45, 7) is 5.55. The molecule has 0 spiro atoms. The van der Waals surface area contributed by atoms with E-state index in [0.29, 0.717) is 20.7 Å². The molecule has 1 aliphatic heterocycles. The van der Waals surface area contributed by atoms with Gasteiger partial charge in [0.1, 0.15) is 13.1 Å². The predicted octanol–water partition coefficient (Wildman–Crippen LogP) is 0.903. The fourth-order valence-electron chi connectivity index (χ4n) is 2.34. The molecule has 5 nitrogen and oxygen atoms in total. The molecule has 1 aromatic carbocycles. The zero-order valence-electron chi connectivity index (χ0n) is 12.7. The first-order valence-electron chi connectivity index (χ1n) is 7.52. The third kappa shape index (κ3) is 6.24. The van der Waals surface area contributed by atoms with E-state index < -0.39 is 0 Å². The summed E-state index contributed by atoms with van der Waals surface area (Å²) < 4.78 is 5.32. The van der Waals surface area contributed by atoms with Crippen molar-refractivity contribution in [3.8, 4) is 0 Å². The van der Waals surface area contributed by atoms with Crippen molar-refractivity contribution in [2.24, 2.45) is 0 Å². The highest BCUT2D eigenvalue weighted by Crippen LogP contribution is 2.20. The molecule has 3 N–H and O–H groups in total. The van der Waals surface area contributed by atoms with Gasteiger partial charge in [0.15, 0.2) is 5.11 Å². The Kier molecular flexibility index (Phi) is 7.52. The lowest BCUT2D eigenvalue weighted by Gasteiger charge is -2.23. The van der Waals surface area contributed by atoms with Crippen molar-refractivity contribution in [2.45, 2.75) is 6.42 Å². The van der Waals surface area contributed by atoms with E-state index in [-0.39, 0.29) is 5.91 Å². The Morgan fingerprint density at radius 1 is 1.30 bits per heavy atom. The second-order valence-electron chi connectivity index (χ2n) is 5.30. The first-order chi connectivity index (χ1) is 11.1. The van der Waals surface area contributed by atoms with Crippen LogP contribution in [0, 0.1) is 0 Å². The summed E-state index contributed by atoms with van der Waals surface area (Å²) in [4.78, 5) is 13.6. The number of rotatable bonds is 5. The average molecular weight is 377 g/mol. The van der Waals surface area contributed by atoms with E-state index in [0.717, 1.165) is 45.8 Å². The monoisotopic (exact) mass is 376 g/mol. The van der Waals surface area contributed by atoms with E-state index in [9.17, 15) is 4.79 Å². The molecule has 2 rings (SSSR count). The SMILES string of the molecule is O=C(NC(=S)NCCC[NH+]1CCOCC1)c1ccc(Cl)cc1Cl. The minimum atomic E-state index is -0.344. The third-order valence-corrected chi connectivity index (χ3v) is 4.39. The van der Waals surface area contributed by atoms with E-state index >= 15 is 0 Å². The number of hydrogen-bond donors (Lipinski definition) is 3. The minimum absolute atomic E-state index is 0.300. The maximum atomic E-state index is 12.1. The van der Waals surface area contributed by atoms with Crippen LogP contribution in [0.25, 0.3) is 0 Å². The van der Waals surface area contributed by atoms with Gasteiger partial charge in [-0.1, -0.05) is 23.2 Å². The Morgan fingerprint density at radius 2 is 2.04 bits per heavy atom. The van der Waals surface area contributed by atoms with Gasteiger partial charge in [-0.3, -0.25) is 10.1 Å². The quantitative estimate of drug-likeness (QED) is 0.527. The molecule has 1 amide bonds. The van der Waals surface area contributed by atoms with Gasteiger partial charge in [0.05, 0.1) is 30.3 Å². The zero-order valence-corrected chi connectivity index (χ0v) is 15.0. The predicted molar refractivity (Wildman–Crippen MR) is 95.5 cm³/mol. The van der Waals surface area contributed by atoms with Crippen molar-refractivity contribution >= 4 is 46.4 Å². The molecule has 0 aromatic heterocycles. The van der Waals surface area contributed by atoms with E-state index in [1.807, 2.05) is 0 Å². The number of carbonyl (C=O) groups is 1. The molecular weight excluding hydrogens is 357 g/mol. The Hall–Kier alpha value is -0.920. The second-order valence-corrected chi connectivity index (χ2v) is 6.55. The average Bonchev–Trinajstić information content (AvgIpc) is 2.52. The van der Waals surface area contributed by atoms with Crippen LogP contribution in [0.15, 0.2) is 18.2 Å². The van der Waals surface area contributed by atoms with E-state index in [1.165, 1.54) is 6.07 Å². The number of thiocarbonyl (C=S) groups is 1. The number of amides is 1. The van der Waals surface area contributed by atoms with Crippen LogP contribution in [0.5, 0.6) is 0 Å². The van der Waals surface area contributed by atoms with Gasteiger partial charge in [-0.05, 0) is 30.4 Å². The van der Waals surface area contributed by atoms with Gasteiger partial charge in [-0.15, -0.1) is 0 Å². The molecule has 0 radical (unpaired) electrons. The normalized spacial score (nSPS) is 15.2. The molecule has 0 unspecified atom stereocenters. The van der Waals surface area contributed by atoms with Gasteiger partial charge in [-0.2, -0.15) is 0 Å². The Labute approximate surface area is 151 Å². The maximum Gasteiger partial charge on any atom is 0.258 e. The number of nitrogens with one attached hydrogen (secondary N) is 3. The number of carbonyl (C=O) groups excluding carboxylic acids is 1.